The van der Waals surface area contributed by atoms with Gasteiger partial charge in [-0.2, -0.15) is 4.31 Å². The Morgan fingerprint density at radius 3 is 2.38 bits per heavy atom. The third kappa shape index (κ3) is 5.36. The molecule has 0 atom stereocenters. The van der Waals surface area contributed by atoms with Crippen molar-refractivity contribution in [3.63, 3.8) is 0 Å². The first-order valence-corrected chi connectivity index (χ1v) is 13.6. The number of nitrogens with zero attached hydrogens (tertiary/aromatic N) is 4. The molecule has 11 heteroatoms. The number of morpholine rings is 1. The molecule has 0 unspecified atom stereocenters. The molecule has 0 bridgehead atoms. The number of nitro benzene ring substituents is 1. The predicted molar refractivity (Wildman–Crippen MR) is 127 cm³/mol. The maximum atomic E-state index is 12.9. The number of carbonyl (C=O) groups is 1. The lowest BCUT2D eigenvalue weighted by Crippen LogP contribution is -2.42. The molecule has 1 aromatic rings. The van der Waals surface area contributed by atoms with Gasteiger partial charge in [0.05, 0.1) is 23.0 Å². The van der Waals surface area contributed by atoms with Gasteiger partial charge in [-0.15, -0.1) is 0 Å². The van der Waals surface area contributed by atoms with Crippen molar-refractivity contribution in [1.29, 1.82) is 0 Å². The number of anilines is 1. The Kier molecular flexibility index (Phi) is 7.73. The molecule has 34 heavy (non-hydrogen) atoms. The number of ether oxygens (including phenoxy) is 1. The highest BCUT2D eigenvalue weighted by molar-refractivity contribution is 7.89. The Labute approximate surface area is 201 Å². The van der Waals surface area contributed by atoms with Crippen molar-refractivity contribution in [2.45, 2.75) is 43.4 Å². The zero-order valence-corrected chi connectivity index (χ0v) is 20.5. The van der Waals surface area contributed by atoms with Gasteiger partial charge in [-0.1, -0.05) is 12.8 Å². The molecule has 10 nitrogen and oxygen atoms in total. The fraction of sp³-hybridized carbons (Fsp3) is 0.696. The minimum atomic E-state index is -3.83. The van der Waals surface area contributed by atoms with E-state index in [2.05, 4.69) is 0 Å². The number of benzene rings is 1. The summed E-state index contributed by atoms with van der Waals surface area (Å²) in [6, 6.07) is 4.13. The van der Waals surface area contributed by atoms with E-state index < -0.39 is 14.9 Å². The zero-order valence-electron chi connectivity index (χ0n) is 19.7. The summed E-state index contributed by atoms with van der Waals surface area (Å²) in [6.07, 6.45) is 6.12. The van der Waals surface area contributed by atoms with Crippen LogP contribution in [0.1, 0.15) is 38.5 Å². The van der Waals surface area contributed by atoms with Crippen LogP contribution in [0.3, 0.4) is 0 Å². The van der Waals surface area contributed by atoms with Crippen molar-refractivity contribution in [3.05, 3.63) is 28.3 Å². The molecular formula is C23H34N4O6S. The Hall–Kier alpha value is -2.24. The largest absolute Gasteiger partial charge is 0.379 e. The highest BCUT2D eigenvalue weighted by Gasteiger charge is 2.33. The smallest absolute Gasteiger partial charge is 0.293 e. The molecule has 1 saturated carbocycles. The Morgan fingerprint density at radius 1 is 1.12 bits per heavy atom. The van der Waals surface area contributed by atoms with Crippen LogP contribution in [-0.2, 0) is 19.6 Å². The van der Waals surface area contributed by atoms with Crippen molar-refractivity contribution in [2.24, 2.45) is 11.8 Å². The molecule has 1 aromatic carbocycles. The van der Waals surface area contributed by atoms with E-state index in [4.69, 9.17) is 4.74 Å². The fourth-order valence-corrected chi connectivity index (χ4v) is 6.79. The van der Waals surface area contributed by atoms with Crippen molar-refractivity contribution in [3.8, 4) is 0 Å². The molecule has 2 saturated heterocycles. The van der Waals surface area contributed by atoms with E-state index in [0.29, 0.717) is 50.8 Å². The first-order valence-electron chi connectivity index (χ1n) is 12.1. The standard InChI is InChI=1S/C23H34N4O6S/c1-24(17-18-4-2-3-5-18)23(28)19-8-10-25(11-9-19)21-7-6-20(16-22(21)27(29)30)34(31,32)26-12-14-33-15-13-26/h6-7,16,18-19H,2-5,8-15,17H2,1H3. The lowest BCUT2D eigenvalue weighted by Gasteiger charge is -2.35. The zero-order chi connectivity index (χ0) is 24.3. The molecule has 188 valence electrons. The van der Waals surface area contributed by atoms with Crippen LogP contribution in [0.15, 0.2) is 23.1 Å². The molecule has 0 radical (unpaired) electrons. The first kappa shape index (κ1) is 24.9. The normalized spacial score (nSPS) is 21.0. The predicted octanol–water partition coefficient (Wildman–Crippen LogP) is 2.48. The topological polar surface area (TPSA) is 113 Å². The molecule has 1 amide bonds. The fourth-order valence-electron chi connectivity index (χ4n) is 5.36. The molecule has 3 fully saturated rings. The minimum Gasteiger partial charge on any atom is -0.379 e. The molecule has 0 spiro atoms. The Bertz CT molecular complexity index is 997. The lowest BCUT2D eigenvalue weighted by molar-refractivity contribution is -0.384. The number of hydrogen-bond donors (Lipinski definition) is 0. The van der Waals surface area contributed by atoms with Crippen LogP contribution in [0.4, 0.5) is 11.4 Å². The third-order valence-electron chi connectivity index (χ3n) is 7.32. The number of amides is 1. The van der Waals surface area contributed by atoms with E-state index >= 15 is 0 Å². The number of hydrogen-bond acceptors (Lipinski definition) is 7. The van der Waals surface area contributed by atoms with Gasteiger partial charge in [-0.05, 0) is 43.7 Å². The maximum absolute atomic E-state index is 12.9. The van der Waals surface area contributed by atoms with Gasteiger partial charge in [-0.3, -0.25) is 14.9 Å². The average Bonchev–Trinajstić information content (AvgIpc) is 3.37. The van der Waals surface area contributed by atoms with Crippen LogP contribution >= 0.6 is 0 Å². The van der Waals surface area contributed by atoms with Crippen molar-refractivity contribution >= 4 is 27.3 Å². The maximum Gasteiger partial charge on any atom is 0.293 e. The van der Waals surface area contributed by atoms with Gasteiger partial charge < -0.3 is 14.5 Å². The molecule has 1 aliphatic carbocycles. The van der Waals surface area contributed by atoms with E-state index in [0.717, 1.165) is 12.6 Å². The van der Waals surface area contributed by atoms with Crippen LogP contribution < -0.4 is 4.90 Å². The summed E-state index contributed by atoms with van der Waals surface area (Å²) in [6.45, 7) is 2.92. The molecule has 0 aromatic heterocycles. The number of piperidine rings is 1. The first-order chi connectivity index (χ1) is 16.3. The quantitative estimate of drug-likeness (QED) is 0.423. The molecular weight excluding hydrogens is 460 g/mol. The van der Waals surface area contributed by atoms with E-state index in [9.17, 15) is 23.3 Å². The van der Waals surface area contributed by atoms with Gasteiger partial charge in [-0.25, -0.2) is 8.42 Å². The van der Waals surface area contributed by atoms with Gasteiger partial charge in [0.25, 0.3) is 5.69 Å². The second-order valence-corrected chi connectivity index (χ2v) is 11.5. The van der Waals surface area contributed by atoms with Gasteiger partial charge in [0.1, 0.15) is 5.69 Å². The third-order valence-corrected chi connectivity index (χ3v) is 9.21. The summed E-state index contributed by atoms with van der Waals surface area (Å²) in [4.78, 5) is 27.9. The van der Waals surface area contributed by atoms with Crippen LogP contribution in [0, 0.1) is 22.0 Å². The highest BCUT2D eigenvalue weighted by atomic mass is 32.2. The number of nitro groups is 1. The van der Waals surface area contributed by atoms with Crippen molar-refractivity contribution in [2.75, 3.05) is 57.9 Å². The average molecular weight is 495 g/mol. The Morgan fingerprint density at radius 2 is 1.76 bits per heavy atom. The summed E-state index contributed by atoms with van der Waals surface area (Å²) >= 11 is 0. The summed E-state index contributed by atoms with van der Waals surface area (Å²) in [5.41, 5.74) is 0.175. The van der Waals surface area contributed by atoms with Gasteiger partial charge in [0.15, 0.2) is 0 Å². The summed E-state index contributed by atoms with van der Waals surface area (Å²) in [7, 11) is -1.94. The molecule has 0 N–H and O–H groups in total. The summed E-state index contributed by atoms with van der Waals surface area (Å²) in [5, 5.41) is 11.8. The molecule has 4 rings (SSSR count). The monoisotopic (exact) mass is 494 g/mol. The van der Waals surface area contributed by atoms with Gasteiger partial charge in [0, 0.05) is 51.8 Å². The minimum absolute atomic E-state index is 0.0801. The second-order valence-electron chi connectivity index (χ2n) is 9.55. The number of sulfonamides is 1. The van der Waals surface area contributed by atoms with Crippen LogP contribution in [0.25, 0.3) is 0 Å². The molecule has 2 heterocycles. The van der Waals surface area contributed by atoms with Crippen molar-refractivity contribution < 1.29 is 22.9 Å². The SMILES string of the molecule is CN(CC1CCCC1)C(=O)C1CCN(c2ccc(S(=O)(=O)N3CCOCC3)cc2[N+](=O)[O-])CC1. The van der Waals surface area contributed by atoms with Gasteiger partial charge >= 0.3 is 0 Å². The molecule has 3 aliphatic rings. The second kappa shape index (κ2) is 10.6. The van der Waals surface area contributed by atoms with Crippen LogP contribution in [-0.4, -0.2) is 81.4 Å². The number of carbonyl (C=O) groups excluding carboxylic acids is 1. The van der Waals surface area contributed by atoms with E-state index in [-0.39, 0.29) is 35.5 Å². The van der Waals surface area contributed by atoms with Gasteiger partial charge in [0.2, 0.25) is 15.9 Å². The van der Waals surface area contributed by atoms with E-state index in [1.807, 2.05) is 16.8 Å². The van der Waals surface area contributed by atoms with Crippen LogP contribution in [0.5, 0.6) is 0 Å². The lowest BCUT2D eigenvalue weighted by atomic mass is 9.94. The van der Waals surface area contributed by atoms with Crippen molar-refractivity contribution in [1.82, 2.24) is 9.21 Å². The Balaban J connectivity index is 1.43. The number of rotatable bonds is 7. The highest BCUT2D eigenvalue weighted by Crippen LogP contribution is 2.35. The summed E-state index contributed by atoms with van der Waals surface area (Å²) < 4.78 is 32.4. The van der Waals surface area contributed by atoms with Crippen LogP contribution in [0.2, 0.25) is 0 Å². The summed E-state index contributed by atoms with van der Waals surface area (Å²) in [5.74, 6) is 0.680. The molecule has 2 aliphatic heterocycles. The van der Waals surface area contributed by atoms with E-state index in [1.54, 1.807) is 0 Å². The van der Waals surface area contributed by atoms with E-state index in [1.165, 1.54) is 42.1 Å².